The molecule has 2 heteroatoms. The largest absolute Gasteiger partial charge is 0.493 e. The maximum absolute atomic E-state index is 5.53. The van der Waals surface area contributed by atoms with Gasteiger partial charge in [0, 0.05) is 19.0 Å². The molecule has 2 nitrogen and oxygen atoms in total. The fourth-order valence-electron chi connectivity index (χ4n) is 2.48. The third-order valence-electron chi connectivity index (χ3n) is 3.67. The van der Waals surface area contributed by atoms with Gasteiger partial charge in [0.2, 0.25) is 0 Å². The van der Waals surface area contributed by atoms with Crippen molar-refractivity contribution in [1.82, 2.24) is 5.32 Å². The molecule has 2 aromatic carbocycles. The minimum absolute atomic E-state index is 0.366. The summed E-state index contributed by atoms with van der Waals surface area (Å²) in [7, 11) is 0. The number of rotatable bonds is 4. The Bertz CT molecular complexity index is 550. The lowest BCUT2D eigenvalue weighted by atomic mass is 10.1. The molecule has 0 spiro atoms. The summed E-state index contributed by atoms with van der Waals surface area (Å²) in [5.74, 6) is 1.06. The van der Waals surface area contributed by atoms with Crippen molar-refractivity contribution in [1.29, 1.82) is 0 Å². The summed E-state index contributed by atoms with van der Waals surface area (Å²) in [5, 5.41) is 3.57. The molecular formula is C17H19NO. The third kappa shape index (κ3) is 2.79. The molecule has 0 bridgehead atoms. The van der Waals surface area contributed by atoms with Crippen LogP contribution in [0.5, 0.6) is 5.75 Å². The van der Waals surface area contributed by atoms with Crippen molar-refractivity contribution >= 4 is 0 Å². The molecule has 0 amide bonds. The van der Waals surface area contributed by atoms with Gasteiger partial charge in [-0.2, -0.15) is 0 Å². The average molecular weight is 253 g/mol. The third-order valence-corrected chi connectivity index (χ3v) is 3.67. The van der Waals surface area contributed by atoms with Crippen molar-refractivity contribution in [2.45, 2.75) is 25.9 Å². The monoisotopic (exact) mass is 253 g/mol. The van der Waals surface area contributed by atoms with Crippen molar-refractivity contribution < 1.29 is 4.74 Å². The molecule has 0 saturated heterocycles. The van der Waals surface area contributed by atoms with Crippen LogP contribution in [-0.4, -0.2) is 6.61 Å². The predicted octanol–water partition coefficient (Wildman–Crippen LogP) is 3.47. The molecular weight excluding hydrogens is 234 g/mol. The summed E-state index contributed by atoms with van der Waals surface area (Å²) >= 11 is 0. The first-order valence-corrected chi connectivity index (χ1v) is 6.86. The second kappa shape index (κ2) is 5.45. The first kappa shape index (κ1) is 12.2. The zero-order valence-electron chi connectivity index (χ0n) is 11.2. The number of benzene rings is 2. The molecule has 0 aromatic heterocycles. The summed E-state index contributed by atoms with van der Waals surface area (Å²) in [5.41, 5.74) is 3.99. The first-order chi connectivity index (χ1) is 9.33. The van der Waals surface area contributed by atoms with E-state index in [-0.39, 0.29) is 0 Å². The normalized spacial score (nSPS) is 14.8. The summed E-state index contributed by atoms with van der Waals surface area (Å²) in [6.45, 7) is 3.92. The van der Waals surface area contributed by atoms with E-state index in [9.17, 15) is 0 Å². The molecule has 3 rings (SSSR count). The minimum atomic E-state index is 0.366. The van der Waals surface area contributed by atoms with E-state index in [1.165, 1.54) is 16.7 Å². The quantitative estimate of drug-likeness (QED) is 0.900. The topological polar surface area (TPSA) is 21.3 Å². The zero-order chi connectivity index (χ0) is 13.1. The van der Waals surface area contributed by atoms with Crippen molar-refractivity contribution in [3.05, 3.63) is 65.2 Å². The fourth-order valence-corrected chi connectivity index (χ4v) is 2.48. The molecule has 1 heterocycles. The lowest BCUT2D eigenvalue weighted by Crippen LogP contribution is -2.18. The molecule has 19 heavy (non-hydrogen) atoms. The standard InChI is InChI=1S/C17H19NO/c1-13(15-5-3-2-4-6-15)18-12-14-7-8-17-16(11-14)9-10-19-17/h2-8,11,13,18H,9-10,12H2,1H3. The van der Waals surface area contributed by atoms with Crippen LogP contribution in [0.2, 0.25) is 0 Å². The second-order valence-corrected chi connectivity index (χ2v) is 5.05. The van der Waals surface area contributed by atoms with E-state index < -0.39 is 0 Å². The highest BCUT2D eigenvalue weighted by atomic mass is 16.5. The Morgan fingerprint density at radius 2 is 2.00 bits per heavy atom. The van der Waals surface area contributed by atoms with Crippen LogP contribution in [-0.2, 0) is 13.0 Å². The highest BCUT2D eigenvalue weighted by molar-refractivity contribution is 5.39. The van der Waals surface area contributed by atoms with Crippen LogP contribution in [0.15, 0.2) is 48.5 Å². The summed E-state index contributed by atoms with van der Waals surface area (Å²) in [6.07, 6.45) is 1.04. The average Bonchev–Trinajstić information content (AvgIpc) is 2.93. The van der Waals surface area contributed by atoms with Crippen LogP contribution in [0.1, 0.15) is 29.7 Å². The van der Waals surface area contributed by atoms with Crippen molar-refractivity contribution in [3.8, 4) is 5.75 Å². The highest BCUT2D eigenvalue weighted by Gasteiger charge is 2.12. The van der Waals surface area contributed by atoms with Gasteiger partial charge in [-0.15, -0.1) is 0 Å². The van der Waals surface area contributed by atoms with Gasteiger partial charge in [0.05, 0.1) is 6.61 Å². The summed E-state index contributed by atoms with van der Waals surface area (Å²) in [6, 6.07) is 17.4. The van der Waals surface area contributed by atoms with Gasteiger partial charge in [-0.1, -0.05) is 42.5 Å². The smallest absolute Gasteiger partial charge is 0.122 e. The van der Waals surface area contributed by atoms with Crippen LogP contribution in [0.3, 0.4) is 0 Å². The van der Waals surface area contributed by atoms with Crippen molar-refractivity contribution in [2.24, 2.45) is 0 Å². The van der Waals surface area contributed by atoms with Crippen LogP contribution in [0, 0.1) is 0 Å². The molecule has 1 atom stereocenters. The Morgan fingerprint density at radius 3 is 2.84 bits per heavy atom. The maximum atomic E-state index is 5.53. The maximum Gasteiger partial charge on any atom is 0.122 e. The predicted molar refractivity (Wildman–Crippen MR) is 77.3 cm³/mol. The molecule has 98 valence electrons. The molecule has 1 unspecified atom stereocenters. The Hall–Kier alpha value is -1.80. The first-order valence-electron chi connectivity index (χ1n) is 6.86. The van der Waals surface area contributed by atoms with Crippen molar-refractivity contribution in [2.75, 3.05) is 6.61 Å². The Labute approximate surface area is 114 Å². The van der Waals surface area contributed by atoms with E-state index in [1.807, 2.05) is 0 Å². The van der Waals surface area contributed by atoms with Crippen LogP contribution in [0.25, 0.3) is 0 Å². The number of hydrogen-bond acceptors (Lipinski definition) is 2. The van der Waals surface area contributed by atoms with Gasteiger partial charge in [-0.25, -0.2) is 0 Å². The number of fused-ring (bicyclic) bond motifs is 1. The number of nitrogens with one attached hydrogen (secondary N) is 1. The summed E-state index contributed by atoms with van der Waals surface area (Å²) in [4.78, 5) is 0. The Morgan fingerprint density at radius 1 is 1.16 bits per heavy atom. The minimum Gasteiger partial charge on any atom is -0.493 e. The van der Waals surface area contributed by atoms with Gasteiger partial charge in [0.25, 0.3) is 0 Å². The Kier molecular flexibility index (Phi) is 3.51. The van der Waals surface area contributed by atoms with Gasteiger partial charge >= 0.3 is 0 Å². The van der Waals surface area contributed by atoms with E-state index >= 15 is 0 Å². The molecule has 1 aliphatic rings. The van der Waals surface area contributed by atoms with Crippen LogP contribution >= 0.6 is 0 Å². The number of ether oxygens (including phenoxy) is 1. The molecule has 0 radical (unpaired) electrons. The highest BCUT2D eigenvalue weighted by Crippen LogP contribution is 2.26. The lowest BCUT2D eigenvalue weighted by molar-refractivity contribution is 0.357. The van der Waals surface area contributed by atoms with Gasteiger partial charge < -0.3 is 10.1 Å². The Balaban J connectivity index is 1.63. The van der Waals surface area contributed by atoms with E-state index in [0.29, 0.717) is 6.04 Å². The van der Waals surface area contributed by atoms with Gasteiger partial charge in [-0.05, 0) is 29.7 Å². The van der Waals surface area contributed by atoms with Gasteiger partial charge in [-0.3, -0.25) is 0 Å². The molecule has 1 aliphatic heterocycles. The van der Waals surface area contributed by atoms with Gasteiger partial charge in [0.1, 0.15) is 5.75 Å². The van der Waals surface area contributed by atoms with E-state index in [2.05, 4.69) is 60.8 Å². The van der Waals surface area contributed by atoms with E-state index in [0.717, 1.165) is 25.3 Å². The van der Waals surface area contributed by atoms with Crippen LogP contribution in [0.4, 0.5) is 0 Å². The zero-order valence-corrected chi connectivity index (χ0v) is 11.2. The second-order valence-electron chi connectivity index (χ2n) is 5.05. The molecule has 0 fully saturated rings. The van der Waals surface area contributed by atoms with E-state index in [4.69, 9.17) is 4.74 Å². The molecule has 2 aromatic rings. The summed E-state index contributed by atoms with van der Waals surface area (Å²) < 4.78 is 5.53. The van der Waals surface area contributed by atoms with Crippen LogP contribution < -0.4 is 10.1 Å². The van der Waals surface area contributed by atoms with E-state index in [1.54, 1.807) is 0 Å². The molecule has 1 N–H and O–H groups in total. The van der Waals surface area contributed by atoms with Gasteiger partial charge in [0.15, 0.2) is 0 Å². The number of hydrogen-bond donors (Lipinski definition) is 1. The van der Waals surface area contributed by atoms with Crippen molar-refractivity contribution in [3.63, 3.8) is 0 Å². The lowest BCUT2D eigenvalue weighted by Gasteiger charge is -2.14. The molecule has 0 saturated carbocycles. The molecule has 0 aliphatic carbocycles. The fraction of sp³-hybridized carbons (Fsp3) is 0.294. The SMILES string of the molecule is CC(NCc1ccc2c(c1)CCO2)c1ccccc1.